The van der Waals surface area contributed by atoms with Gasteiger partial charge in [0.15, 0.2) is 5.13 Å². The Morgan fingerprint density at radius 1 is 1.40 bits per heavy atom. The highest BCUT2D eigenvalue weighted by Gasteiger charge is 2.32. The minimum Gasteiger partial charge on any atom is -0.375 e. The van der Waals surface area contributed by atoms with Crippen LogP contribution >= 0.6 is 11.3 Å². The lowest BCUT2D eigenvalue weighted by Gasteiger charge is -2.07. The van der Waals surface area contributed by atoms with Crippen molar-refractivity contribution in [1.29, 1.82) is 0 Å². The number of nitrogens with two attached hydrogens (primary N) is 1. The van der Waals surface area contributed by atoms with Crippen LogP contribution in [0.3, 0.4) is 0 Å². The molecule has 20 heavy (non-hydrogen) atoms. The summed E-state index contributed by atoms with van der Waals surface area (Å²) in [5.74, 6) is -0.488. The summed E-state index contributed by atoms with van der Waals surface area (Å²) in [6, 6.07) is 1.93. The number of amides is 1. The second-order valence-corrected chi connectivity index (χ2v) is 4.88. The van der Waals surface area contributed by atoms with Crippen LogP contribution in [-0.2, 0) is 6.18 Å². The van der Waals surface area contributed by atoms with E-state index in [9.17, 15) is 18.0 Å². The van der Waals surface area contributed by atoms with Crippen molar-refractivity contribution in [2.45, 2.75) is 13.1 Å². The summed E-state index contributed by atoms with van der Waals surface area (Å²) in [7, 11) is 0. The number of rotatable bonds is 2. The third kappa shape index (κ3) is 3.05. The molecular weight excluding hydrogens is 293 g/mol. The van der Waals surface area contributed by atoms with E-state index in [2.05, 4.69) is 15.3 Å². The highest BCUT2D eigenvalue weighted by Crippen LogP contribution is 2.28. The molecule has 0 aromatic carbocycles. The van der Waals surface area contributed by atoms with Crippen LogP contribution in [0.1, 0.15) is 21.1 Å². The number of aromatic nitrogens is 2. The second-order valence-electron chi connectivity index (χ2n) is 3.85. The van der Waals surface area contributed by atoms with Crippen molar-refractivity contribution in [3.05, 3.63) is 34.6 Å². The van der Waals surface area contributed by atoms with Crippen LogP contribution in [0.5, 0.6) is 0 Å². The van der Waals surface area contributed by atoms with Gasteiger partial charge in [0.1, 0.15) is 10.6 Å². The van der Waals surface area contributed by atoms with Crippen LogP contribution in [0.2, 0.25) is 0 Å². The summed E-state index contributed by atoms with van der Waals surface area (Å²) < 4.78 is 37.0. The molecule has 0 saturated heterocycles. The number of carbonyl (C=O) groups excluding carboxylic acids is 1. The zero-order valence-corrected chi connectivity index (χ0v) is 11.0. The van der Waals surface area contributed by atoms with E-state index < -0.39 is 17.8 Å². The highest BCUT2D eigenvalue weighted by atomic mass is 32.1. The number of aryl methyl sites for hydroxylation is 1. The Kier molecular flexibility index (Phi) is 3.62. The fourth-order valence-corrected chi connectivity index (χ4v) is 2.18. The number of anilines is 2. The van der Waals surface area contributed by atoms with E-state index >= 15 is 0 Å². The van der Waals surface area contributed by atoms with Gasteiger partial charge in [-0.2, -0.15) is 13.2 Å². The zero-order chi connectivity index (χ0) is 14.9. The van der Waals surface area contributed by atoms with Crippen LogP contribution < -0.4 is 11.1 Å². The van der Waals surface area contributed by atoms with E-state index in [0.717, 1.165) is 29.7 Å². The van der Waals surface area contributed by atoms with Crippen LogP contribution in [0.4, 0.5) is 24.0 Å². The van der Waals surface area contributed by atoms with Gasteiger partial charge in [-0.15, -0.1) is 0 Å². The predicted molar refractivity (Wildman–Crippen MR) is 68.5 cm³/mol. The van der Waals surface area contributed by atoms with E-state index in [1.54, 1.807) is 6.92 Å². The number of nitrogen functional groups attached to an aromatic ring is 1. The first-order chi connectivity index (χ1) is 9.27. The fourth-order valence-electron chi connectivity index (χ4n) is 1.45. The SMILES string of the molecule is Cc1nc(N)sc1C(=O)Nc1ccc(C(F)(F)F)nc1. The van der Waals surface area contributed by atoms with Crippen LogP contribution in [0.25, 0.3) is 0 Å². The molecule has 0 spiro atoms. The van der Waals surface area contributed by atoms with E-state index in [0.29, 0.717) is 10.6 Å². The summed E-state index contributed by atoms with van der Waals surface area (Å²) >= 11 is 1.00. The van der Waals surface area contributed by atoms with Gasteiger partial charge in [-0.3, -0.25) is 4.79 Å². The monoisotopic (exact) mass is 302 g/mol. The molecule has 0 atom stereocenters. The minimum atomic E-state index is -4.51. The highest BCUT2D eigenvalue weighted by molar-refractivity contribution is 7.17. The summed E-state index contributed by atoms with van der Waals surface area (Å²) in [6.07, 6.45) is -3.56. The molecule has 0 aliphatic carbocycles. The molecule has 2 rings (SSSR count). The first-order valence-corrected chi connectivity index (χ1v) is 6.16. The fraction of sp³-hybridized carbons (Fsp3) is 0.182. The Labute approximate surface area is 115 Å². The lowest BCUT2D eigenvalue weighted by atomic mass is 10.3. The van der Waals surface area contributed by atoms with Crippen molar-refractivity contribution in [3.63, 3.8) is 0 Å². The van der Waals surface area contributed by atoms with Crippen molar-refractivity contribution in [2.75, 3.05) is 11.1 Å². The molecule has 2 aromatic heterocycles. The van der Waals surface area contributed by atoms with E-state index in [1.165, 1.54) is 0 Å². The minimum absolute atomic E-state index is 0.161. The molecule has 106 valence electrons. The number of halogens is 3. The number of pyridine rings is 1. The molecule has 0 aliphatic heterocycles. The molecule has 0 aliphatic rings. The topological polar surface area (TPSA) is 80.9 Å². The second kappa shape index (κ2) is 5.08. The number of carbonyl (C=O) groups is 1. The van der Waals surface area contributed by atoms with E-state index in [4.69, 9.17) is 5.73 Å². The van der Waals surface area contributed by atoms with Gasteiger partial charge in [-0.05, 0) is 19.1 Å². The van der Waals surface area contributed by atoms with Crippen molar-refractivity contribution >= 4 is 28.1 Å². The molecule has 2 heterocycles. The largest absolute Gasteiger partial charge is 0.433 e. The lowest BCUT2D eigenvalue weighted by molar-refractivity contribution is -0.141. The number of alkyl halides is 3. The first kappa shape index (κ1) is 14.3. The number of nitrogens with one attached hydrogen (secondary N) is 1. The molecule has 3 N–H and O–H groups in total. The van der Waals surface area contributed by atoms with Crippen molar-refractivity contribution in [2.24, 2.45) is 0 Å². The molecule has 0 bridgehead atoms. The molecule has 1 amide bonds. The summed E-state index contributed by atoms with van der Waals surface area (Å²) in [5.41, 5.74) is 5.07. The van der Waals surface area contributed by atoms with Gasteiger partial charge in [0, 0.05) is 0 Å². The number of thiazole rings is 1. The maximum atomic E-state index is 12.3. The molecule has 0 saturated carbocycles. The molecule has 0 radical (unpaired) electrons. The van der Waals surface area contributed by atoms with Gasteiger partial charge in [0.25, 0.3) is 5.91 Å². The van der Waals surface area contributed by atoms with Crippen molar-refractivity contribution in [3.8, 4) is 0 Å². The molecule has 2 aromatic rings. The molecule has 5 nitrogen and oxygen atoms in total. The average Bonchev–Trinajstić information content (AvgIpc) is 2.68. The standard InChI is InChI=1S/C11H9F3N4OS/c1-5-8(20-10(15)17-5)9(19)18-6-2-3-7(16-4-6)11(12,13)14/h2-4H,1H3,(H2,15,17)(H,18,19). The summed E-state index contributed by atoms with van der Waals surface area (Å²) in [4.78, 5) is 19.3. The van der Waals surface area contributed by atoms with E-state index in [1.807, 2.05) is 0 Å². The Morgan fingerprint density at radius 2 is 2.10 bits per heavy atom. The first-order valence-electron chi connectivity index (χ1n) is 5.35. The predicted octanol–water partition coefficient (Wildman–Crippen LogP) is 2.70. The number of hydrogen-bond donors (Lipinski definition) is 2. The third-order valence-corrected chi connectivity index (χ3v) is 3.32. The van der Waals surface area contributed by atoms with Crippen molar-refractivity contribution in [1.82, 2.24) is 9.97 Å². The van der Waals surface area contributed by atoms with Crippen LogP contribution in [-0.4, -0.2) is 15.9 Å². The maximum absolute atomic E-state index is 12.3. The van der Waals surface area contributed by atoms with Crippen molar-refractivity contribution < 1.29 is 18.0 Å². The molecular formula is C11H9F3N4OS. The van der Waals surface area contributed by atoms with Gasteiger partial charge in [-0.25, -0.2) is 9.97 Å². The Balaban J connectivity index is 2.14. The Bertz CT molecular complexity index is 636. The van der Waals surface area contributed by atoms with Gasteiger partial charge >= 0.3 is 6.18 Å². The summed E-state index contributed by atoms with van der Waals surface area (Å²) in [6.45, 7) is 1.62. The van der Waals surface area contributed by atoms with Crippen LogP contribution in [0.15, 0.2) is 18.3 Å². The van der Waals surface area contributed by atoms with Gasteiger partial charge in [-0.1, -0.05) is 11.3 Å². The Hall–Kier alpha value is -2.16. The average molecular weight is 302 g/mol. The third-order valence-electron chi connectivity index (χ3n) is 2.33. The Morgan fingerprint density at radius 3 is 2.55 bits per heavy atom. The molecule has 9 heteroatoms. The zero-order valence-electron chi connectivity index (χ0n) is 10.2. The molecule has 0 fully saturated rings. The smallest absolute Gasteiger partial charge is 0.375 e. The number of nitrogens with zero attached hydrogens (tertiary/aromatic N) is 2. The molecule has 0 unspecified atom stereocenters. The van der Waals surface area contributed by atoms with Gasteiger partial charge < -0.3 is 11.1 Å². The maximum Gasteiger partial charge on any atom is 0.433 e. The van der Waals surface area contributed by atoms with E-state index in [-0.39, 0.29) is 10.8 Å². The lowest BCUT2D eigenvalue weighted by Crippen LogP contribution is -2.13. The van der Waals surface area contributed by atoms with Gasteiger partial charge in [0.05, 0.1) is 17.6 Å². The quantitative estimate of drug-likeness (QED) is 0.893. The van der Waals surface area contributed by atoms with Gasteiger partial charge in [0.2, 0.25) is 0 Å². The number of hydrogen-bond acceptors (Lipinski definition) is 5. The summed E-state index contributed by atoms with van der Waals surface area (Å²) in [5, 5.41) is 2.69. The van der Waals surface area contributed by atoms with Crippen LogP contribution in [0, 0.1) is 6.92 Å². The normalized spacial score (nSPS) is 11.4.